The highest BCUT2D eigenvalue weighted by atomic mass is 16.6. The summed E-state index contributed by atoms with van der Waals surface area (Å²) in [5.41, 5.74) is -0.500. The molecule has 7 nitrogen and oxygen atoms in total. The molecule has 2 aliphatic rings. The molecule has 1 saturated heterocycles. The molecule has 2 N–H and O–H groups in total. The summed E-state index contributed by atoms with van der Waals surface area (Å²) in [6.45, 7) is 5.51. The Morgan fingerprint density at radius 3 is 2.04 bits per heavy atom. The van der Waals surface area contributed by atoms with Crippen LogP contribution in [0.2, 0.25) is 0 Å². The third-order valence-electron chi connectivity index (χ3n) is 4.59. The van der Waals surface area contributed by atoms with Crippen LogP contribution in [0.4, 0.5) is 4.79 Å². The molecule has 1 saturated carbocycles. The van der Waals surface area contributed by atoms with E-state index in [1.54, 1.807) is 7.05 Å². The topological polar surface area (TPSA) is 87.7 Å². The lowest BCUT2D eigenvalue weighted by Gasteiger charge is -2.31. The van der Waals surface area contributed by atoms with Crippen LogP contribution < -0.4 is 10.6 Å². The van der Waals surface area contributed by atoms with Gasteiger partial charge in [-0.25, -0.2) is 4.79 Å². The Bertz CT molecular complexity index is 493. The van der Waals surface area contributed by atoms with Crippen LogP contribution in [0.15, 0.2) is 0 Å². The van der Waals surface area contributed by atoms with Gasteiger partial charge in [-0.15, -0.1) is 0 Å². The SMILES string of the molecule is CN1C(=O)CC[C@@H]1C(=O)NC1CCC(NC(=O)OC(C)(C)C)CC1. The lowest BCUT2D eigenvalue weighted by molar-refractivity contribution is -0.134. The van der Waals surface area contributed by atoms with E-state index in [1.807, 2.05) is 20.8 Å². The number of likely N-dealkylation sites (N-methyl/N-ethyl adjacent to an activating group) is 1. The summed E-state index contributed by atoms with van der Waals surface area (Å²) in [7, 11) is 1.68. The highest BCUT2D eigenvalue weighted by Crippen LogP contribution is 2.21. The van der Waals surface area contributed by atoms with Gasteiger partial charge >= 0.3 is 6.09 Å². The van der Waals surface area contributed by atoms with Gasteiger partial charge in [0.05, 0.1) is 0 Å². The van der Waals surface area contributed by atoms with E-state index in [1.165, 1.54) is 4.90 Å². The second-order valence-corrected chi connectivity index (χ2v) is 7.76. The molecule has 24 heavy (non-hydrogen) atoms. The summed E-state index contributed by atoms with van der Waals surface area (Å²) in [6, 6.07) is -0.142. The number of alkyl carbamates (subject to hydrolysis) is 1. The maximum absolute atomic E-state index is 12.3. The van der Waals surface area contributed by atoms with Crippen LogP contribution in [0.5, 0.6) is 0 Å². The van der Waals surface area contributed by atoms with Crippen molar-refractivity contribution in [1.29, 1.82) is 0 Å². The van der Waals surface area contributed by atoms with E-state index < -0.39 is 5.60 Å². The summed E-state index contributed by atoms with van der Waals surface area (Å²) in [5, 5.41) is 5.94. The van der Waals surface area contributed by atoms with Gasteiger partial charge in [0.1, 0.15) is 11.6 Å². The van der Waals surface area contributed by atoms with Crippen molar-refractivity contribution < 1.29 is 19.1 Å². The minimum absolute atomic E-state index is 0.0282. The molecule has 7 heteroatoms. The Hall–Kier alpha value is -1.79. The molecule has 1 heterocycles. The van der Waals surface area contributed by atoms with Crippen molar-refractivity contribution in [2.75, 3.05) is 7.05 Å². The molecule has 1 aliphatic carbocycles. The van der Waals surface area contributed by atoms with Crippen molar-refractivity contribution in [1.82, 2.24) is 15.5 Å². The molecule has 0 aromatic carbocycles. The zero-order valence-electron chi connectivity index (χ0n) is 15.1. The number of hydrogen-bond donors (Lipinski definition) is 2. The number of hydrogen-bond acceptors (Lipinski definition) is 4. The molecule has 136 valence electrons. The number of likely N-dealkylation sites (tertiary alicyclic amines) is 1. The first-order valence-corrected chi connectivity index (χ1v) is 8.71. The van der Waals surface area contributed by atoms with E-state index >= 15 is 0 Å². The van der Waals surface area contributed by atoms with Crippen LogP contribution >= 0.6 is 0 Å². The zero-order valence-corrected chi connectivity index (χ0v) is 15.1. The van der Waals surface area contributed by atoms with E-state index in [2.05, 4.69) is 10.6 Å². The maximum Gasteiger partial charge on any atom is 0.407 e. The molecule has 1 aliphatic heterocycles. The smallest absolute Gasteiger partial charge is 0.407 e. The van der Waals surface area contributed by atoms with Gasteiger partial charge in [0.15, 0.2) is 0 Å². The van der Waals surface area contributed by atoms with Gasteiger partial charge in [0.25, 0.3) is 0 Å². The first-order chi connectivity index (χ1) is 11.2. The minimum Gasteiger partial charge on any atom is -0.444 e. The molecule has 0 radical (unpaired) electrons. The van der Waals surface area contributed by atoms with Gasteiger partial charge in [0.2, 0.25) is 11.8 Å². The van der Waals surface area contributed by atoms with E-state index in [0.717, 1.165) is 25.7 Å². The molecule has 0 aromatic heterocycles. The van der Waals surface area contributed by atoms with Crippen LogP contribution in [-0.2, 0) is 14.3 Å². The summed E-state index contributed by atoms with van der Waals surface area (Å²) < 4.78 is 5.26. The minimum atomic E-state index is -0.500. The standard InChI is InChI=1S/C17H29N3O4/c1-17(2,3)24-16(23)19-12-7-5-11(6-8-12)18-15(22)13-9-10-14(21)20(13)4/h11-13H,5-10H2,1-4H3,(H,18,22)(H,19,23)/t11?,12?,13-/m1/s1. The van der Waals surface area contributed by atoms with Gasteiger partial charge in [-0.3, -0.25) is 9.59 Å². The van der Waals surface area contributed by atoms with Crippen molar-refractivity contribution in [2.45, 2.75) is 83.0 Å². The molecule has 2 rings (SSSR count). The van der Waals surface area contributed by atoms with E-state index in [0.29, 0.717) is 12.8 Å². The van der Waals surface area contributed by atoms with Gasteiger partial charge < -0.3 is 20.3 Å². The number of nitrogens with zero attached hydrogens (tertiary/aromatic N) is 1. The van der Waals surface area contributed by atoms with Gasteiger partial charge in [0, 0.05) is 25.6 Å². The second-order valence-electron chi connectivity index (χ2n) is 7.76. The Labute approximate surface area is 143 Å². The monoisotopic (exact) mass is 339 g/mol. The number of carbonyl (C=O) groups excluding carboxylic acids is 3. The van der Waals surface area contributed by atoms with Crippen molar-refractivity contribution in [3.8, 4) is 0 Å². The van der Waals surface area contributed by atoms with Crippen molar-refractivity contribution in [3.05, 3.63) is 0 Å². The fourth-order valence-corrected chi connectivity index (χ4v) is 3.26. The average Bonchev–Trinajstić information content (AvgIpc) is 2.79. The van der Waals surface area contributed by atoms with E-state index in [-0.39, 0.29) is 36.0 Å². The molecule has 2 fully saturated rings. The van der Waals surface area contributed by atoms with Crippen molar-refractivity contribution in [2.24, 2.45) is 0 Å². The Morgan fingerprint density at radius 2 is 1.58 bits per heavy atom. The lowest BCUT2D eigenvalue weighted by Crippen LogP contribution is -2.49. The Morgan fingerprint density at radius 1 is 1.04 bits per heavy atom. The van der Waals surface area contributed by atoms with Crippen LogP contribution in [0.3, 0.4) is 0 Å². The first kappa shape index (κ1) is 18.5. The first-order valence-electron chi connectivity index (χ1n) is 8.71. The Balaban J connectivity index is 1.72. The van der Waals surface area contributed by atoms with E-state index in [9.17, 15) is 14.4 Å². The largest absolute Gasteiger partial charge is 0.444 e. The third-order valence-corrected chi connectivity index (χ3v) is 4.59. The normalized spacial score (nSPS) is 27.8. The molecule has 0 spiro atoms. The van der Waals surface area contributed by atoms with Crippen molar-refractivity contribution >= 4 is 17.9 Å². The molecule has 0 bridgehead atoms. The van der Waals surface area contributed by atoms with Gasteiger partial charge in [-0.05, 0) is 52.9 Å². The van der Waals surface area contributed by atoms with Gasteiger partial charge in [-0.1, -0.05) is 0 Å². The zero-order chi connectivity index (χ0) is 17.9. The lowest BCUT2D eigenvalue weighted by atomic mass is 9.91. The van der Waals surface area contributed by atoms with Crippen molar-refractivity contribution in [3.63, 3.8) is 0 Å². The molecule has 0 aromatic rings. The molecule has 1 atom stereocenters. The predicted molar refractivity (Wildman–Crippen MR) is 89.3 cm³/mol. The third kappa shape index (κ3) is 5.11. The van der Waals surface area contributed by atoms with E-state index in [4.69, 9.17) is 4.74 Å². The second kappa shape index (κ2) is 7.40. The maximum atomic E-state index is 12.3. The summed E-state index contributed by atoms with van der Waals surface area (Å²) in [6.07, 6.45) is 3.90. The van der Waals surface area contributed by atoms with Crippen LogP contribution in [0.25, 0.3) is 0 Å². The molecular formula is C17H29N3O4. The number of nitrogens with one attached hydrogen (secondary N) is 2. The van der Waals surface area contributed by atoms with Crippen LogP contribution in [0.1, 0.15) is 59.3 Å². The van der Waals surface area contributed by atoms with Gasteiger partial charge in [-0.2, -0.15) is 0 Å². The number of carbonyl (C=O) groups is 3. The quantitative estimate of drug-likeness (QED) is 0.817. The summed E-state index contributed by atoms with van der Waals surface area (Å²) in [4.78, 5) is 37.1. The highest BCUT2D eigenvalue weighted by Gasteiger charge is 2.34. The Kier molecular flexibility index (Phi) is 5.72. The van der Waals surface area contributed by atoms with Crippen LogP contribution in [0, 0.1) is 0 Å². The fraction of sp³-hybridized carbons (Fsp3) is 0.824. The molecule has 0 unspecified atom stereocenters. The van der Waals surface area contributed by atoms with Crippen LogP contribution in [-0.4, -0.2) is 53.6 Å². The molecule has 3 amide bonds. The summed E-state index contributed by atoms with van der Waals surface area (Å²) in [5.74, 6) is -0.0349. The average molecular weight is 339 g/mol. The number of ether oxygens (including phenoxy) is 1. The number of rotatable bonds is 3. The molecular weight excluding hydrogens is 310 g/mol. The number of amides is 3. The summed E-state index contributed by atoms with van der Waals surface area (Å²) >= 11 is 0. The highest BCUT2D eigenvalue weighted by molar-refractivity contribution is 5.90. The fourth-order valence-electron chi connectivity index (χ4n) is 3.26. The predicted octanol–water partition coefficient (Wildman–Crippen LogP) is 1.56.